The summed E-state index contributed by atoms with van der Waals surface area (Å²) < 4.78 is 7.82. The Labute approximate surface area is 151 Å². The first-order valence-electron chi connectivity index (χ1n) is 9.16. The van der Waals surface area contributed by atoms with Gasteiger partial charge in [0.25, 0.3) is 5.89 Å². The highest BCUT2D eigenvalue weighted by Crippen LogP contribution is 2.33. The molecular weight excluding hydrogens is 324 g/mol. The van der Waals surface area contributed by atoms with Gasteiger partial charge in [-0.15, -0.1) is 0 Å². The van der Waals surface area contributed by atoms with Crippen LogP contribution in [0.5, 0.6) is 0 Å². The number of hydrogen-bond acceptors (Lipinski definition) is 4. The summed E-state index contributed by atoms with van der Waals surface area (Å²) in [6.45, 7) is 2.04. The lowest BCUT2D eigenvalue weighted by Gasteiger charge is -2.11. The number of imidazole rings is 1. The highest BCUT2D eigenvalue weighted by atomic mass is 16.5. The Morgan fingerprint density at radius 3 is 2.77 bits per heavy atom. The van der Waals surface area contributed by atoms with Crippen molar-refractivity contribution in [1.29, 1.82) is 0 Å². The molecule has 5 nitrogen and oxygen atoms in total. The molecule has 0 bridgehead atoms. The Bertz CT molecular complexity index is 1070. The minimum Gasteiger partial charge on any atom is -0.334 e. The van der Waals surface area contributed by atoms with Crippen molar-refractivity contribution in [3.63, 3.8) is 0 Å². The Balaban J connectivity index is 1.51. The van der Waals surface area contributed by atoms with Crippen LogP contribution in [-0.4, -0.2) is 19.7 Å². The van der Waals surface area contributed by atoms with Gasteiger partial charge in [0.15, 0.2) is 0 Å². The standard InChI is InChI=1S/C21H20N4O/c1-14-6-2-5-9-17(14)21-23-20(24-26-21)15-10-11-19-18(12-15)22-13-25(19)16-7-3-4-8-16/h2,5-6,9-13,16H,3-4,7-8H2,1H3. The summed E-state index contributed by atoms with van der Waals surface area (Å²) in [6, 6.07) is 14.8. The van der Waals surface area contributed by atoms with Gasteiger partial charge in [0.05, 0.1) is 17.4 Å². The normalized spacial score (nSPS) is 15.1. The molecule has 2 heterocycles. The maximum absolute atomic E-state index is 5.50. The van der Waals surface area contributed by atoms with E-state index in [4.69, 9.17) is 4.52 Å². The van der Waals surface area contributed by atoms with Gasteiger partial charge in [-0.3, -0.25) is 0 Å². The summed E-state index contributed by atoms with van der Waals surface area (Å²) in [5.41, 5.74) is 5.18. The van der Waals surface area contributed by atoms with Crippen LogP contribution in [0.15, 0.2) is 53.3 Å². The second-order valence-electron chi connectivity index (χ2n) is 7.03. The molecule has 1 fully saturated rings. The molecule has 0 unspecified atom stereocenters. The first-order valence-corrected chi connectivity index (χ1v) is 9.16. The number of aryl methyl sites for hydroxylation is 1. The summed E-state index contributed by atoms with van der Waals surface area (Å²) in [5.74, 6) is 1.15. The third kappa shape index (κ3) is 2.51. The number of nitrogens with zero attached hydrogens (tertiary/aromatic N) is 4. The van der Waals surface area contributed by atoms with E-state index in [0.717, 1.165) is 22.2 Å². The van der Waals surface area contributed by atoms with Crippen molar-refractivity contribution < 1.29 is 4.52 Å². The molecule has 4 aromatic rings. The molecule has 2 aromatic heterocycles. The van der Waals surface area contributed by atoms with Gasteiger partial charge < -0.3 is 9.09 Å². The number of hydrogen-bond donors (Lipinski definition) is 0. The molecule has 130 valence electrons. The lowest BCUT2D eigenvalue weighted by Crippen LogP contribution is -2.02. The van der Waals surface area contributed by atoms with Crippen LogP contribution in [0.3, 0.4) is 0 Å². The van der Waals surface area contributed by atoms with Gasteiger partial charge in [0, 0.05) is 17.2 Å². The van der Waals surface area contributed by atoms with E-state index in [0.29, 0.717) is 17.8 Å². The van der Waals surface area contributed by atoms with Crippen LogP contribution >= 0.6 is 0 Å². The van der Waals surface area contributed by atoms with E-state index in [-0.39, 0.29) is 0 Å². The topological polar surface area (TPSA) is 56.7 Å². The van der Waals surface area contributed by atoms with Gasteiger partial charge in [-0.2, -0.15) is 4.98 Å². The van der Waals surface area contributed by atoms with Crippen LogP contribution in [-0.2, 0) is 0 Å². The fourth-order valence-corrected chi connectivity index (χ4v) is 3.91. The molecule has 2 aromatic carbocycles. The quantitative estimate of drug-likeness (QED) is 0.514. The minimum absolute atomic E-state index is 0.551. The fourth-order valence-electron chi connectivity index (χ4n) is 3.91. The van der Waals surface area contributed by atoms with Crippen LogP contribution in [0.4, 0.5) is 0 Å². The summed E-state index contributed by atoms with van der Waals surface area (Å²) in [5, 5.41) is 4.17. The average molecular weight is 344 g/mol. The van der Waals surface area contributed by atoms with E-state index >= 15 is 0 Å². The molecule has 0 amide bonds. The van der Waals surface area contributed by atoms with Crippen molar-refractivity contribution >= 4 is 11.0 Å². The van der Waals surface area contributed by atoms with Crippen molar-refractivity contribution in [1.82, 2.24) is 19.7 Å². The Hall–Kier alpha value is -2.95. The number of fused-ring (bicyclic) bond motifs is 1. The molecule has 1 saturated carbocycles. The SMILES string of the molecule is Cc1ccccc1-c1nc(-c2ccc3c(c2)ncn3C2CCCC2)no1. The number of rotatable bonds is 3. The Morgan fingerprint density at radius 2 is 1.92 bits per heavy atom. The molecular formula is C21H20N4O. The van der Waals surface area contributed by atoms with E-state index in [1.54, 1.807) is 0 Å². The highest BCUT2D eigenvalue weighted by molar-refractivity contribution is 5.81. The molecule has 5 heteroatoms. The van der Waals surface area contributed by atoms with Crippen LogP contribution in [0.2, 0.25) is 0 Å². The lowest BCUT2D eigenvalue weighted by atomic mass is 10.1. The predicted molar refractivity (Wildman–Crippen MR) is 101 cm³/mol. The maximum Gasteiger partial charge on any atom is 0.258 e. The van der Waals surface area contributed by atoms with E-state index < -0.39 is 0 Å². The van der Waals surface area contributed by atoms with Crippen molar-refractivity contribution in [3.8, 4) is 22.8 Å². The van der Waals surface area contributed by atoms with Crippen molar-refractivity contribution in [3.05, 3.63) is 54.4 Å². The van der Waals surface area contributed by atoms with Gasteiger partial charge in [-0.05, 0) is 49.6 Å². The van der Waals surface area contributed by atoms with Gasteiger partial charge in [-0.25, -0.2) is 4.98 Å². The van der Waals surface area contributed by atoms with Crippen LogP contribution in [0.25, 0.3) is 33.9 Å². The smallest absolute Gasteiger partial charge is 0.258 e. The summed E-state index contributed by atoms with van der Waals surface area (Å²) in [7, 11) is 0. The fraction of sp³-hybridized carbons (Fsp3) is 0.286. The summed E-state index contributed by atoms with van der Waals surface area (Å²) in [4.78, 5) is 9.20. The molecule has 1 aliphatic rings. The van der Waals surface area contributed by atoms with E-state index in [2.05, 4.69) is 31.8 Å². The molecule has 0 spiro atoms. The second-order valence-corrected chi connectivity index (χ2v) is 7.03. The predicted octanol–water partition coefficient (Wildman–Crippen LogP) is 5.18. The molecule has 0 atom stereocenters. The van der Waals surface area contributed by atoms with E-state index in [9.17, 15) is 0 Å². The van der Waals surface area contributed by atoms with Gasteiger partial charge in [0.1, 0.15) is 0 Å². The first-order chi connectivity index (χ1) is 12.8. The second kappa shape index (κ2) is 6.09. The zero-order valence-corrected chi connectivity index (χ0v) is 14.7. The zero-order chi connectivity index (χ0) is 17.5. The monoisotopic (exact) mass is 344 g/mol. The number of benzene rings is 2. The average Bonchev–Trinajstić information content (AvgIpc) is 3.41. The minimum atomic E-state index is 0.551. The summed E-state index contributed by atoms with van der Waals surface area (Å²) >= 11 is 0. The largest absolute Gasteiger partial charge is 0.334 e. The van der Waals surface area contributed by atoms with Gasteiger partial charge in [0.2, 0.25) is 5.82 Å². The molecule has 0 aliphatic heterocycles. The first kappa shape index (κ1) is 15.3. The Kier molecular flexibility index (Phi) is 3.59. The maximum atomic E-state index is 5.50. The molecule has 5 rings (SSSR count). The van der Waals surface area contributed by atoms with Crippen LogP contribution in [0, 0.1) is 6.92 Å². The lowest BCUT2D eigenvalue weighted by molar-refractivity contribution is 0.432. The van der Waals surface area contributed by atoms with Gasteiger partial charge >= 0.3 is 0 Å². The zero-order valence-electron chi connectivity index (χ0n) is 14.7. The molecule has 0 saturated heterocycles. The van der Waals surface area contributed by atoms with Crippen molar-refractivity contribution in [2.45, 2.75) is 38.6 Å². The Morgan fingerprint density at radius 1 is 1.08 bits per heavy atom. The molecule has 26 heavy (non-hydrogen) atoms. The highest BCUT2D eigenvalue weighted by Gasteiger charge is 2.19. The summed E-state index contributed by atoms with van der Waals surface area (Å²) in [6.07, 6.45) is 7.09. The van der Waals surface area contributed by atoms with Crippen molar-refractivity contribution in [2.75, 3.05) is 0 Å². The van der Waals surface area contributed by atoms with Crippen LogP contribution in [0.1, 0.15) is 37.3 Å². The third-order valence-corrected chi connectivity index (χ3v) is 5.35. The van der Waals surface area contributed by atoms with Crippen molar-refractivity contribution in [2.24, 2.45) is 0 Å². The third-order valence-electron chi connectivity index (χ3n) is 5.35. The number of aromatic nitrogens is 4. The van der Waals surface area contributed by atoms with Gasteiger partial charge in [-0.1, -0.05) is 36.2 Å². The molecule has 0 N–H and O–H groups in total. The molecule has 0 radical (unpaired) electrons. The van der Waals surface area contributed by atoms with E-state index in [1.165, 1.54) is 31.2 Å². The van der Waals surface area contributed by atoms with E-state index in [1.807, 2.05) is 43.6 Å². The molecule has 1 aliphatic carbocycles. The van der Waals surface area contributed by atoms with Crippen LogP contribution < -0.4 is 0 Å².